The maximum absolute atomic E-state index is 13.8. The number of benzene rings is 3. The second-order valence-electron chi connectivity index (χ2n) is 16.5. The van der Waals surface area contributed by atoms with Gasteiger partial charge < -0.3 is 19.6 Å². The van der Waals surface area contributed by atoms with E-state index >= 15 is 0 Å². The van der Waals surface area contributed by atoms with Gasteiger partial charge >= 0.3 is 0 Å². The number of piperidine rings is 1. The van der Waals surface area contributed by atoms with Gasteiger partial charge in [-0.15, -0.1) is 0 Å². The van der Waals surface area contributed by atoms with Gasteiger partial charge in [0.25, 0.3) is 17.7 Å². The number of hydrogen-bond acceptors (Lipinski definition) is 9. The van der Waals surface area contributed by atoms with Crippen molar-refractivity contribution < 1.29 is 24.0 Å². The summed E-state index contributed by atoms with van der Waals surface area (Å²) in [7, 11) is 0. The number of halogens is 1. The Kier molecular flexibility index (Phi) is 9.65. The highest BCUT2D eigenvalue weighted by atomic mass is 35.5. The van der Waals surface area contributed by atoms with E-state index < -0.39 is 29.7 Å². The zero-order chi connectivity index (χ0) is 39.4. The lowest BCUT2D eigenvalue weighted by Crippen LogP contribution is -2.54. The molecule has 5 amide bonds. The van der Waals surface area contributed by atoms with Gasteiger partial charge in [0.1, 0.15) is 6.04 Å². The van der Waals surface area contributed by atoms with Gasteiger partial charge in [0.05, 0.1) is 23.4 Å². The summed E-state index contributed by atoms with van der Waals surface area (Å²) in [6, 6.07) is 18.0. The molecule has 3 aromatic carbocycles. The number of likely N-dealkylation sites (tertiary alicyclic amines) is 1. The fourth-order valence-electron chi connectivity index (χ4n) is 9.91. The SMILES string of the molecule is [C-]#[N+]c1ccc(N2CCC3(CCN(C(=O)c4cccc(N5CCN(C[C@@H]6CCN(c7cccc8c7C(=O)N(C7CCC(=O)NC7=O)C8=O)C6)CC5)c4)C3)C2)cc1Cl. The Morgan fingerprint density at radius 2 is 1.61 bits per heavy atom. The molecule has 57 heavy (non-hydrogen) atoms. The molecular formula is C43H45ClN8O5. The maximum atomic E-state index is 13.8. The van der Waals surface area contributed by atoms with Crippen molar-refractivity contribution in [2.24, 2.45) is 11.3 Å². The molecule has 6 heterocycles. The third kappa shape index (κ3) is 6.89. The Balaban J connectivity index is 0.776. The first-order valence-electron chi connectivity index (χ1n) is 20.0. The van der Waals surface area contributed by atoms with E-state index in [0.717, 1.165) is 119 Å². The minimum Gasteiger partial charge on any atom is -0.371 e. The summed E-state index contributed by atoms with van der Waals surface area (Å²) in [5.74, 6) is -1.47. The van der Waals surface area contributed by atoms with E-state index in [9.17, 15) is 24.0 Å². The van der Waals surface area contributed by atoms with Crippen LogP contribution in [0.3, 0.4) is 0 Å². The lowest BCUT2D eigenvalue weighted by molar-refractivity contribution is -0.136. The molecule has 5 saturated heterocycles. The molecule has 294 valence electrons. The average Bonchev–Trinajstić information content (AvgIpc) is 4.02. The van der Waals surface area contributed by atoms with Crippen molar-refractivity contribution in [2.75, 3.05) is 86.7 Å². The van der Waals surface area contributed by atoms with Crippen LogP contribution in [0, 0.1) is 17.9 Å². The Labute approximate surface area is 336 Å². The van der Waals surface area contributed by atoms with Crippen LogP contribution in [-0.4, -0.2) is 122 Å². The molecule has 13 nitrogen and oxygen atoms in total. The first-order chi connectivity index (χ1) is 27.6. The van der Waals surface area contributed by atoms with E-state index in [1.54, 1.807) is 18.2 Å². The largest absolute Gasteiger partial charge is 0.371 e. The first kappa shape index (κ1) is 37.1. The molecule has 1 N–H and O–H groups in total. The number of nitrogens with zero attached hydrogens (tertiary/aromatic N) is 7. The van der Waals surface area contributed by atoms with Gasteiger partial charge in [-0.25, -0.2) is 4.85 Å². The van der Waals surface area contributed by atoms with E-state index in [-0.39, 0.29) is 24.2 Å². The predicted octanol–water partition coefficient (Wildman–Crippen LogP) is 4.68. The Morgan fingerprint density at radius 3 is 2.40 bits per heavy atom. The predicted molar refractivity (Wildman–Crippen MR) is 216 cm³/mol. The molecule has 6 aliphatic heterocycles. The number of rotatable bonds is 7. The Bertz CT molecular complexity index is 2220. The zero-order valence-corrected chi connectivity index (χ0v) is 32.5. The van der Waals surface area contributed by atoms with Gasteiger partial charge in [0.2, 0.25) is 17.5 Å². The third-order valence-electron chi connectivity index (χ3n) is 13.0. The summed E-state index contributed by atoms with van der Waals surface area (Å²) in [4.78, 5) is 81.1. The molecular weight excluding hydrogens is 744 g/mol. The third-order valence-corrected chi connectivity index (χ3v) is 13.3. The fourth-order valence-corrected chi connectivity index (χ4v) is 10.1. The number of carbonyl (C=O) groups excluding carboxylic acids is 5. The quantitative estimate of drug-likeness (QED) is 0.269. The molecule has 0 aromatic heterocycles. The molecule has 0 aliphatic carbocycles. The highest BCUT2D eigenvalue weighted by Crippen LogP contribution is 2.43. The summed E-state index contributed by atoms with van der Waals surface area (Å²) in [6.07, 6.45) is 3.17. The lowest BCUT2D eigenvalue weighted by atomic mass is 9.86. The average molecular weight is 789 g/mol. The molecule has 3 aromatic rings. The second-order valence-corrected chi connectivity index (χ2v) is 16.9. The second kappa shape index (κ2) is 14.8. The summed E-state index contributed by atoms with van der Waals surface area (Å²) < 4.78 is 0. The van der Waals surface area contributed by atoms with Crippen molar-refractivity contribution in [2.45, 2.75) is 38.1 Å². The van der Waals surface area contributed by atoms with Crippen LogP contribution < -0.4 is 20.0 Å². The van der Waals surface area contributed by atoms with Gasteiger partial charge in [-0.2, -0.15) is 0 Å². The van der Waals surface area contributed by atoms with Crippen molar-refractivity contribution in [3.63, 3.8) is 0 Å². The number of amides is 5. The first-order valence-corrected chi connectivity index (χ1v) is 20.4. The molecule has 5 fully saturated rings. The Hall–Kier alpha value is -5.45. The lowest BCUT2D eigenvalue weighted by Gasteiger charge is -2.37. The van der Waals surface area contributed by atoms with Gasteiger partial charge in [-0.1, -0.05) is 29.8 Å². The number of piperazine rings is 1. The fraction of sp³-hybridized carbons (Fsp3) is 0.442. The highest BCUT2D eigenvalue weighted by Gasteiger charge is 2.47. The maximum Gasteiger partial charge on any atom is 0.264 e. The minimum absolute atomic E-state index is 0.0569. The number of hydrogen-bond donors (Lipinski definition) is 1. The summed E-state index contributed by atoms with van der Waals surface area (Å²) in [6.45, 7) is 16.5. The number of anilines is 3. The highest BCUT2D eigenvalue weighted by molar-refractivity contribution is 6.33. The van der Waals surface area contributed by atoms with Crippen LogP contribution in [-0.2, 0) is 9.59 Å². The normalized spacial score (nSPS) is 25.2. The molecule has 0 saturated carbocycles. The Morgan fingerprint density at radius 1 is 0.825 bits per heavy atom. The smallest absolute Gasteiger partial charge is 0.264 e. The topological polar surface area (TPSA) is 121 Å². The van der Waals surface area contributed by atoms with E-state index in [0.29, 0.717) is 27.8 Å². The van der Waals surface area contributed by atoms with Crippen molar-refractivity contribution in [3.05, 3.63) is 93.8 Å². The van der Waals surface area contributed by atoms with Gasteiger partial charge in [-0.3, -0.25) is 39.1 Å². The van der Waals surface area contributed by atoms with Crippen molar-refractivity contribution in [1.82, 2.24) is 20.0 Å². The van der Waals surface area contributed by atoms with Gasteiger partial charge in [0.15, 0.2) is 0 Å². The zero-order valence-electron chi connectivity index (χ0n) is 31.8. The van der Waals surface area contributed by atoms with Crippen molar-refractivity contribution in [3.8, 4) is 0 Å². The van der Waals surface area contributed by atoms with Crippen molar-refractivity contribution >= 4 is 63.9 Å². The number of carbonyl (C=O) groups is 5. The minimum atomic E-state index is -0.985. The summed E-state index contributed by atoms with van der Waals surface area (Å²) >= 11 is 6.34. The van der Waals surface area contributed by atoms with Crippen LogP contribution in [0.25, 0.3) is 4.85 Å². The van der Waals surface area contributed by atoms with Crippen LogP contribution in [0.5, 0.6) is 0 Å². The number of fused-ring (bicyclic) bond motifs is 1. The van der Waals surface area contributed by atoms with Crippen LogP contribution in [0.2, 0.25) is 5.02 Å². The summed E-state index contributed by atoms with van der Waals surface area (Å²) in [5, 5.41) is 2.74. The van der Waals surface area contributed by atoms with E-state index in [4.69, 9.17) is 18.2 Å². The number of nitrogens with one attached hydrogen (secondary N) is 1. The van der Waals surface area contributed by atoms with Crippen LogP contribution in [0.15, 0.2) is 60.7 Å². The molecule has 3 atom stereocenters. The molecule has 0 bridgehead atoms. The monoisotopic (exact) mass is 788 g/mol. The molecule has 9 rings (SSSR count). The molecule has 0 radical (unpaired) electrons. The molecule has 6 aliphatic rings. The van der Waals surface area contributed by atoms with Crippen LogP contribution in [0.1, 0.15) is 63.2 Å². The summed E-state index contributed by atoms with van der Waals surface area (Å²) in [5.41, 5.74) is 4.73. The molecule has 2 unspecified atom stereocenters. The van der Waals surface area contributed by atoms with Crippen LogP contribution in [0.4, 0.5) is 22.7 Å². The van der Waals surface area contributed by atoms with Crippen molar-refractivity contribution in [1.29, 1.82) is 0 Å². The van der Waals surface area contributed by atoms with Crippen LogP contribution >= 0.6 is 11.6 Å². The standard InChI is InChI=1S/C43H45ClN8O5/c1-45-34-9-8-31(23-33(34)44)50-16-13-43(26-50)14-17-51(27-43)40(55)29-4-2-5-30(22-29)48-20-18-47(19-21-48)24-28-12-15-49(25-28)35-7-3-6-32-38(35)42(57)52(41(32)56)36-10-11-37(53)46-39(36)54/h2-9,22-23,28,36H,10-21,24-27H2,(H,46,53,54)/t28-,36?,43?/m0/s1. The van der Waals surface area contributed by atoms with E-state index in [2.05, 4.69) is 35.8 Å². The molecule has 1 spiro atoms. The number of imide groups is 2. The van der Waals surface area contributed by atoms with Gasteiger partial charge in [-0.05, 0) is 74.1 Å². The van der Waals surface area contributed by atoms with E-state index in [1.165, 1.54) is 0 Å². The van der Waals surface area contributed by atoms with E-state index in [1.807, 2.05) is 41.3 Å². The molecule has 14 heteroatoms. The van der Waals surface area contributed by atoms with Gasteiger partial charge in [0, 0.05) is 106 Å².